The average molecular weight is 671 g/mol. The number of amides is 4. The fourth-order valence-corrected chi connectivity index (χ4v) is 4.96. The van der Waals surface area contributed by atoms with Crippen molar-refractivity contribution in [2.45, 2.75) is 57.1 Å². The van der Waals surface area contributed by atoms with Crippen LogP contribution in [0.4, 0.5) is 4.79 Å². The molecule has 0 spiro atoms. The van der Waals surface area contributed by atoms with Crippen molar-refractivity contribution in [2.24, 2.45) is 0 Å². The standard InChI is InChI=1S/C37H39ClN4O6/c1-25(40-37(47)48-24-29-15-9-4-10-16-29)34(44)42-32(22-27-17-19-30(38)20-18-27)35(45)41-31(21-26-11-5-2-6-12-26)33(43)36(46)39-23-28-13-7-3-8-14-28/h2-20,25,31-33,43H,21-24H2,1H3,(H,39,46)(H,40,47)(H,41,45)(H,42,44)/t25-,31?,32-,33-/m0/s1. The molecule has 1 unspecified atom stereocenters. The molecule has 0 aliphatic heterocycles. The lowest BCUT2D eigenvalue weighted by Crippen LogP contribution is -2.58. The van der Waals surface area contributed by atoms with Gasteiger partial charge >= 0.3 is 6.09 Å². The predicted octanol–water partition coefficient (Wildman–Crippen LogP) is 4.09. The Labute approximate surface area is 284 Å². The van der Waals surface area contributed by atoms with Crippen molar-refractivity contribution < 1.29 is 29.0 Å². The number of alkyl carbamates (subject to hydrolysis) is 1. The molecule has 0 aliphatic rings. The zero-order valence-corrected chi connectivity index (χ0v) is 27.2. The Kier molecular flexibility index (Phi) is 13.5. The number of hydrogen-bond acceptors (Lipinski definition) is 6. The third-order valence-electron chi connectivity index (χ3n) is 7.51. The Morgan fingerprint density at radius 2 is 1.19 bits per heavy atom. The zero-order valence-electron chi connectivity index (χ0n) is 26.5. The summed E-state index contributed by atoms with van der Waals surface area (Å²) < 4.78 is 5.23. The molecule has 4 rings (SSSR count). The molecule has 0 aromatic heterocycles. The summed E-state index contributed by atoms with van der Waals surface area (Å²) >= 11 is 6.06. The molecule has 0 aliphatic carbocycles. The maximum Gasteiger partial charge on any atom is 0.408 e. The third kappa shape index (κ3) is 11.6. The van der Waals surface area contributed by atoms with E-state index >= 15 is 0 Å². The highest BCUT2D eigenvalue weighted by molar-refractivity contribution is 6.30. The number of carbonyl (C=O) groups excluding carboxylic acids is 4. The molecule has 0 saturated heterocycles. The minimum Gasteiger partial charge on any atom is -0.445 e. The van der Waals surface area contributed by atoms with E-state index in [0.717, 1.165) is 16.7 Å². The van der Waals surface area contributed by atoms with Gasteiger partial charge in [-0.25, -0.2) is 4.79 Å². The summed E-state index contributed by atoms with van der Waals surface area (Å²) in [6, 6.07) is 31.0. The van der Waals surface area contributed by atoms with Gasteiger partial charge in [-0.05, 0) is 47.7 Å². The van der Waals surface area contributed by atoms with E-state index in [1.165, 1.54) is 6.92 Å². The van der Waals surface area contributed by atoms with E-state index in [1.807, 2.05) is 78.9 Å². The topological polar surface area (TPSA) is 146 Å². The van der Waals surface area contributed by atoms with Gasteiger partial charge in [-0.15, -0.1) is 0 Å². The highest BCUT2D eigenvalue weighted by Crippen LogP contribution is 2.13. The molecule has 0 saturated carbocycles. The Morgan fingerprint density at radius 3 is 1.79 bits per heavy atom. The Morgan fingerprint density at radius 1 is 0.646 bits per heavy atom. The molecule has 0 fully saturated rings. The maximum atomic E-state index is 13.9. The fraction of sp³-hybridized carbons (Fsp3) is 0.243. The molecular formula is C37H39ClN4O6. The van der Waals surface area contributed by atoms with E-state index in [2.05, 4.69) is 21.3 Å². The molecule has 0 heterocycles. The van der Waals surface area contributed by atoms with Crippen molar-refractivity contribution in [1.29, 1.82) is 0 Å². The van der Waals surface area contributed by atoms with Crippen molar-refractivity contribution in [3.05, 3.63) is 143 Å². The summed E-state index contributed by atoms with van der Waals surface area (Å²) in [6.07, 6.45) is -2.20. The van der Waals surface area contributed by atoms with Gasteiger partial charge < -0.3 is 31.1 Å². The van der Waals surface area contributed by atoms with Crippen molar-refractivity contribution in [1.82, 2.24) is 21.3 Å². The van der Waals surface area contributed by atoms with Gasteiger partial charge in [-0.2, -0.15) is 0 Å². The monoisotopic (exact) mass is 670 g/mol. The summed E-state index contributed by atoms with van der Waals surface area (Å²) in [7, 11) is 0. The van der Waals surface area contributed by atoms with Gasteiger partial charge in [0.1, 0.15) is 18.7 Å². The normalized spacial score (nSPS) is 13.2. The molecule has 10 nitrogen and oxygen atoms in total. The van der Waals surface area contributed by atoms with Crippen LogP contribution in [0.25, 0.3) is 0 Å². The molecule has 4 amide bonds. The largest absolute Gasteiger partial charge is 0.445 e. The van der Waals surface area contributed by atoms with Crippen LogP contribution >= 0.6 is 11.6 Å². The molecule has 11 heteroatoms. The molecular weight excluding hydrogens is 632 g/mol. The van der Waals surface area contributed by atoms with Crippen molar-refractivity contribution in [3.8, 4) is 0 Å². The highest BCUT2D eigenvalue weighted by atomic mass is 35.5. The number of aliphatic hydroxyl groups excluding tert-OH is 1. The van der Waals surface area contributed by atoms with E-state index in [9.17, 15) is 24.3 Å². The van der Waals surface area contributed by atoms with Gasteiger partial charge in [0.05, 0.1) is 6.04 Å². The van der Waals surface area contributed by atoms with Gasteiger partial charge in [0.2, 0.25) is 11.8 Å². The van der Waals surface area contributed by atoms with E-state index in [0.29, 0.717) is 10.6 Å². The van der Waals surface area contributed by atoms with Gasteiger partial charge in [0.15, 0.2) is 6.10 Å². The van der Waals surface area contributed by atoms with Crippen LogP contribution in [0.5, 0.6) is 0 Å². The summed E-state index contributed by atoms with van der Waals surface area (Å²) in [6.45, 7) is 1.68. The lowest BCUT2D eigenvalue weighted by molar-refractivity contribution is -0.134. The first-order valence-electron chi connectivity index (χ1n) is 15.5. The summed E-state index contributed by atoms with van der Waals surface area (Å²) in [5, 5.41) is 22.4. The van der Waals surface area contributed by atoms with Crippen LogP contribution in [-0.4, -0.2) is 53.2 Å². The van der Waals surface area contributed by atoms with Crippen LogP contribution in [0.2, 0.25) is 5.02 Å². The minimum atomic E-state index is -1.61. The number of ether oxygens (including phenoxy) is 1. The maximum absolute atomic E-state index is 13.9. The molecule has 250 valence electrons. The van der Waals surface area contributed by atoms with Crippen LogP contribution in [0.3, 0.4) is 0 Å². The molecule has 4 aromatic carbocycles. The minimum absolute atomic E-state index is 0.0205. The lowest BCUT2D eigenvalue weighted by Gasteiger charge is -2.27. The second-order valence-corrected chi connectivity index (χ2v) is 11.7. The summed E-state index contributed by atoms with van der Waals surface area (Å²) in [5.74, 6) is -1.93. The van der Waals surface area contributed by atoms with Crippen LogP contribution in [0.1, 0.15) is 29.2 Å². The first-order valence-corrected chi connectivity index (χ1v) is 15.9. The van der Waals surface area contributed by atoms with E-state index in [1.54, 1.807) is 36.4 Å². The second kappa shape index (κ2) is 18.2. The highest BCUT2D eigenvalue weighted by Gasteiger charge is 2.32. The van der Waals surface area contributed by atoms with E-state index in [4.69, 9.17) is 16.3 Å². The number of carbonyl (C=O) groups is 4. The predicted molar refractivity (Wildman–Crippen MR) is 183 cm³/mol. The molecule has 4 atom stereocenters. The number of nitrogens with one attached hydrogen (secondary N) is 4. The zero-order chi connectivity index (χ0) is 34.3. The van der Waals surface area contributed by atoms with Crippen molar-refractivity contribution in [2.75, 3.05) is 0 Å². The Hall–Kier alpha value is -5.19. The Bertz CT molecular complexity index is 1620. The molecule has 0 bridgehead atoms. The fourth-order valence-electron chi connectivity index (χ4n) is 4.83. The first kappa shape index (κ1) is 35.7. The van der Waals surface area contributed by atoms with Crippen LogP contribution in [-0.2, 0) is 45.1 Å². The average Bonchev–Trinajstić information content (AvgIpc) is 3.11. The van der Waals surface area contributed by atoms with Crippen molar-refractivity contribution in [3.63, 3.8) is 0 Å². The van der Waals surface area contributed by atoms with Crippen LogP contribution in [0, 0.1) is 0 Å². The van der Waals surface area contributed by atoms with Crippen molar-refractivity contribution >= 4 is 35.4 Å². The first-order chi connectivity index (χ1) is 23.2. The smallest absolute Gasteiger partial charge is 0.408 e. The van der Waals surface area contributed by atoms with E-state index in [-0.39, 0.29) is 26.0 Å². The number of halogens is 1. The second-order valence-electron chi connectivity index (χ2n) is 11.3. The molecule has 0 radical (unpaired) electrons. The lowest BCUT2D eigenvalue weighted by atomic mass is 9.99. The number of aliphatic hydroxyl groups is 1. The quantitative estimate of drug-likeness (QED) is 0.129. The van der Waals surface area contributed by atoms with Crippen LogP contribution in [0.15, 0.2) is 115 Å². The number of rotatable bonds is 15. The molecule has 5 N–H and O–H groups in total. The van der Waals surface area contributed by atoms with Gasteiger partial charge in [-0.1, -0.05) is 115 Å². The van der Waals surface area contributed by atoms with E-state index < -0.39 is 48.0 Å². The third-order valence-corrected chi connectivity index (χ3v) is 7.76. The summed E-state index contributed by atoms with van der Waals surface area (Å²) in [5.41, 5.74) is 3.11. The van der Waals surface area contributed by atoms with Gasteiger partial charge in [-0.3, -0.25) is 14.4 Å². The SMILES string of the molecule is C[C@H](NC(=O)OCc1ccccc1)C(=O)N[C@@H](Cc1ccc(Cl)cc1)C(=O)NC(Cc1ccccc1)[C@H](O)C(=O)NCc1ccccc1. The van der Waals surface area contributed by atoms with Gasteiger partial charge in [0.25, 0.3) is 5.91 Å². The Balaban J connectivity index is 1.46. The molecule has 4 aromatic rings. The number of hydrogen-bond donors (Lipinski definition) is 5. The van der Waals surface area contributed by atoms with Crippen LogP contribution < -0.4 is 21.3 Å². The van der Waals surface area contributed by atoms with Gasteiger partial charge in [0, 0.05) is 18.0 Å². The number of benzene rings is 4. The molecule has 48 heavy (non-hydrogen) atoms. The summed E-state index contributed by atoms with van der Waals surface area (Å²) in [4.78, 5) is 52.6.